The lowest BCUT2D eigenvalue weighted by atomic mass is 10.3. The molecule has 0 saturated heterocycles. The minimum atomic E-state index is -0.371. The van der Waals surface area contributed by atoms with Gasteiger partial charge in [0.2, 0.25) is 0 Å². The van der Waals surface area contributed by atoms with Crippen LogP contribution in [0, 0.1) is 5.82 Å². The Hall–Kier alpha value is -0.870. The molecule has 0 fully saturated rings. The number of benzene rings is 1. The van der Waals surface area contributed by atoms with Gasteiger partial charge in [-0.15, -0.1) is 0 Å². The number of halogens is 2. The molecular weight excluding hydrogens is 285 g/mol. The Morgan fingerprint density at radius 1 is 1.53 bits per heavy atom. The van der Waals surface area contributed by atoms with Gasteiger partial charge >= 0.3 is 0 Å². The molecule has 0 atom stereocenters. The number of hydrogen-bond donors (Lipinski definition) is 1. The Labute approximate surface area is 110 Å². The van der Waals surface area contributed by atoms with Crippen molar-refractivity contribution >= 4 is 15.9 Å². The van der Waals surface area contributed by atoms with E-state index in [2.05, 4.69) is 41.7 Å². The van der Waals surface area contributed by atoms with Gasteiger partial charge in [-0.25, -0.2) is 4.39 Å². The van der Waals surface area contributed by atoms with Crippen molar-refractivity contribution in [1.29, 1.82) is 0 Å². The topological polar surface area (TPSA) is 21.3 Å². The van der Waals surface area contributed by atoms with Crippen LogP contribution >= 0.6 is 15.9 Å². The lowest BCUT2D eigenvalue weighted by Gasteiger charge is -2.12. The van der Waals surface area contributed by atoms with Crippen molar-refractivity contribution in [3.63, 3.8) is 0 Å². The molecule has 0 aliphatic carbocycles. The van der Waals surface area contributed by atoms with E-state index in [-0.39, 0.29) is 11.6 Å². The van der Waals surface area contributed by atoms with Gasteiger partial charge in [0.15, 0.2) is 11.6 Å². The highest BCUT2D eigenvalue weighted by molar-refractivity contribution is 9.10. The monoisotopic (exact) mass is 301 g/mol. The standard InChI is InChI=1S/C13H17BrFNO/c1-9(2)16-7-10(3)8-17-13-5-4-11(14)6-12(13)15/h4-6,9,16H,3,7-8H2,1-2H3. The van der Waals surface area contributed by atoms with Gasteiger partial charge in [0.25, 0.3) is 0 Å². The Kier molecular flexibility index (Phi) is 5.65. The van der Waals surface area contributed by atoms with Crippen molar-refractivity contribution < 1.29 is 9.13 Å². The molecule has 1 aromatic rings. The maximum absolute atomic E-state index is 13.4. The van der Waals surface area contributed by atoms with Gasteiger partial charge in [-0.1, -0.05) is 36.4 Å². The quantitative estimate of drug-likeness (QED) is 0.812. The van der Waals surface area contributed by atoms with Gasteiger partial charge < -0.3 is 10.1 Å². The summed E-state index contributed by atoms with van der Waals surface area (Å²) in [5.41, 5.74) is 0.890. The van der Waals surface area contributed by atoms with Gasteiger partial charge in [-0.3, -0.25) is 0 Å². The molecular formula is C13H17BrFNO. The first-order chi connectivity index (χ1) is 7.99. The van der Waals surface area contributed by atoms with Crippen LogP contribution in [0.3, 0.4) is 0 Å². The fourth-order valence-electron chi connectivity index (χ4n) is 1.17. The highest BCUT2D eigenvalue weighted by atomic mass is 79.9. The fourth-order valence-corrected chi connectivity index (χ4v) is 1.50. The van der Waals surface area contributed by atoms with E-state index < -0.39 is 0 Å². The Morgan fingerprint density at radius 2 is 2.24 bits per heavy atom. The summed E-state index contributed by atoms with van der Waals surface area (Å²) < 4.78 is 19.5. The predicted molar refractivity (Wildman–Crippen MR) is 71.9 cm³/mol. The third-order valence-corrected chi connectivity index (χ3v) is 2.58. The van der Waals surface area contributed by atoms with Crippen LogP contribution in [0.1, 0.15) is 13.8 Å². The van der Waals surface area contributed by atoms with Gasteiger partial charge in [0.1, 0.15) is 6.61 Å². The van der Waals surface area contributed by atoms with E-state index in [4.69, 9.17) is 4.74 Å². The van der Waals surface area contributed by atoms with Crippen LogP contribution in [0.15, 0.2) is 34.8 Å². The molecule has 0 amide bonds. The van der Waals surface area contributed by atoms with Crippen LogP contribution in [0.5, 0.6) is 5.75 Å². The first kappa shape index (κ1) is 14.2. The highest BCUT2D eigenvalue weighted by Crippen LogP contribution is 2.21. The summed E-state index contributed by atoms with van der Waals surface area (Å²) in [6.45, 7) is 8.98. The summed E-state index contributed by atoms with van der Waals surface area (Å²) >= 11 is 3.19. The molecule has 4 heteroatoms. The fraction of sp³-hybridized carbons (Fsp3) is 0.385. The molecule has 1 aromatic carbocycles. The van der Waals surface area contributed by atoms with Crippen molar-refractivity contribution in [3.05, 3.63) is 40.6 Å². The van der Waals surface area contributed by atoms with Gasteiger partial charge in [-0.05, 0) is 23.8 Å². The molecule has 0 radical (unpaired) electrons. The molecule has 0 aromatic heterocycles. The summed E-state index contributed by atoms with van der Waals surface area (Å²) in [5, 5.41) is 3.22. The molecule has 1 N–H and O–H groups in total. The van der Waals surface area contributed by atoms with Crippen molar-refractivity contribution in [2.75, 3.05) is 13.2 Å². The summed E-state index contributed by atoms with van der Waals surface area (Å²) in [6, 6.07) is 5.12. The zero-order valence-corrected chi connectivity index (χ0v) is 11.7. The maximum atomic E-state index is 13.4. The largest absolute Gasteiger partial charge is 0.486 e. The molecule has 17 heavy (non-hydrogen) atoms. The molecule has 0 spiro atoms. The van der Waals surface area contributed by atoms with E-state index in [9.17, 15) is 4.39 Å². The van der Waals surface area contributed by atoms with E-state index in [1.54, 1.807) is 12.1 Å². The average Bonchev–Trinajstić information content (AvgIpc) is 2.25. The molecule has 0 aliphatic rings. The first-order valence-electron chi connectivity index (χ1n) is 5.47. The second-order valence-electron chi connectivity index (χ2n) is 4.15. The predicted octanol–water partition coefficient (Wildman–Crippen LogP) is 3.52. The maximum Gasteiger partial charge on any atom is 0.166 e. The van der Waals surface area contributed by atoms with Crippen molar-refractivity contribution in [3.8, 4) is 5.75 Å². The summed E-state index contributed by atoms with van der Waals surface area (Å²) in [5.74, 6) is -0.122. The zero-order valence-electron chi connectivity index (χ0n) is 10.1. The molecule has 0 aliphatic heterocycles. The van der Waals surface area contributed by atoms with Gasteiger partial charge in [0, 0.05) is 17.1 Å². The normalized spacial score (nSPS) is 10.6. The van der Waals surface area contributed by atoms with E-state index in [1.807, 2.05) is 0 Å². The Balaban J connectivity index is 2.42. The third-order valence-electron chi connectivity index (χ3n) is 2.09. The van der Waals surface area contributed by atoms with E-state index >= 15 is 0 Å². The van der Waals surface area contributed by atoms with E-state index in [1.165, 1.54) is 6.07 Å². The zero-order chi connectivity index (χ0) is 12.8. The Bertz CT molecular complexity index is 393. The van der Waals surface area contributed by atoms with Gasteiger partial charge in [-0.2, -0.15) is 0 Å². The van der Waals surface area contributed by atoms with E-state index in [0.29, 0.717) is 23.7 Å². The van der Waals surface area contributed by atoms with Crippen LogP contribution in [0.25, 0.3) is 0 Å². The first-order valence-corrected chi connectivity index (χ1v) is 6.26. The molecule has 1 rings (SSSR count). The summed E-state index contributed by atoms with van der Waals surface area (Å²) in [6.07, 6.45) is 0. The van der Waals surface area contributed by atoms with Crippen molar-refractivity contribution in [2.45, 2.75) is 19.9 Å². The summed E-state index contributed by atoms with van der Waals surface area (Å²) in [7, 11) is 0. The molecule has 2 nitrogen and oxygen atoms in total. The van der Waals surface area contributed by atoms with Crippen LogP contribution in [0.2, 0.25) is 0 Å². The Morgan fingerprint density at radius 3 is 2.82 bits per heavy atom. The smallest absolute Gasteiger partial charge is 0.166 e. The SMILES string of the molecule is C=C(CNC(C)C)COc1ccc(Br)cc1F. The summed E-state index contributed by atoms with van der Waals surface area (Å²) in [4.78, 5) is 0. The third kappa shape index (κ3) is 5.33. The average molecular weight is 302 g/mol. The molecule has 0 unspecified atom stereocenters. The van der Waals surface area contributed by atoms with Crippen molar-refractivity contribution in [1.82, 2.24) is 5.32 Å². The number of rotatable bonds is 6. The minimum absolute atomic E-state index is 0.249. The second kappa shape index (κ2) is 6.77. The van der Waals surface area contributed by atoms with E-state index in [0.717, 1.165) is 5.57 Å². The number of ether oxygens (including phenoxy) is 1. The van der Waals surface area contributed by atoms with Crippen molar-refractivity contribution in [2.24, 2.45) is 0 Å². The highest BCUT2D eigenvalue weighted by Gasteiger charge is 2.04. The second-order valence-corrected chi connectivity index (χ2v) is 5.06. The van der Waals surface area contributed by atoms with Crippen LogP contribution in [-0.2, 0) is 0 Å². The molecule has 0 heterocycles. The number of nitrogens with one attached hydrogen (secondary N) is 1. The van der Waals surface area contributed by atoms with Gasteiger partial charge in [0.05, 0.1) is 0 Å². The molecule has 0 saturated carbocycles. The molecule has 0 bridgehead atoms. The lowest BCUT2D eigenvalue weighted by molar-refractivity contribution is 0.328. The van der Waals surface area contributed by atoms with Crippen LogP contribution < -0.4 is 10.1 Å². The lowest BCUT2D eigenvalue weighted by Crippen LogP contribution is -2.26. The molecule has 94 valence electrons. The van der Waals surface area contributed by atoms with Crippen LogP contribution in [-0.4, -0.2) is 19.2 Å². The minimum Gasteiger partial charge on any atom is -0.486 e. The number of hydrogen-bond acceptors (Lipinski definition) is 2. The van der Waals surface area contributed by atoms with Crippen LogP contribution in [0.4, 0.5) is 4.39 Å².